The molecule has 2 rings (SSSR count). The molecule has 7 heteroatoms. The Labute approximate surface area is 88.5 Å². The molecule has 2 aromatic rings. The molecule has 0 aliphatic heterocycles. The molecule has 0 unspecified atom stereocenters. The van der Waals surface area contributed by atoms with Crippen molar-refractivity contribution in [3.05, 3.63) is 18.6 Å². The van der Waals surface area contributed by atoms with Gasteiger partial charge < -0.3 is 17.5 Å². The third-order valence-electron chi connectivity index (χ3n) is 1.12. The van der Waals surface area contributed by atoms with Crippen molar-refractivity contribution in [1.29, 1.82) is 0 Å². The molecule has 0 amide bonds. The fourth-order valence-corrected chi connectivity index (χ4v) is 0.699. The van der Waals surface area contributed by atoms with E-state index in [1.165, 1.54) is 23.1 Å². The molecule has 0 aliphatic carbocycles. The Morgan fingerprint density at radius 1 is 1.42 bits per heavy atom. The van der Waals surface area contributed by atoms with Crippen LogP contribution in [0.25, 0.3) is 5.78 Å². The zero-order valence-corrected chi connectivity index (χ0v) is 8.65. The van der Waals surface area contributed by atoms with Gasteiger partial charge in [0.05, 0.1) is 0 Å². The van der Waals surface area contributed by atoms with Gasteiger partial charge in [0.2, 0.25) is 0 Å². The second kappa shape index (κ2) is 4.38. The predicted octanol–water partition coefficient (Wildman–Crippen LogP) is -3.80. The van der Waals surface area contributed by atoms with Crippen LogP contribution in [0.2, 0.25) is 0 Å². The standard InChI is InChI=1S/C5H4N4O.ClH.Pt/c10-4-1-2-9-5(8-4)6-3-7-9;;/h1-3H,(H,6,7,8,10);1H;/q;;+2/p-2. The van der Waals surface area contributed by atoms with Crippen molar-refractivity contribution in [2.45, 2.75) is 0 Å². The zero-order chi connectivity index (χ0) is 6.97. The van der Waals surface area contributed by atoms with Crippen LogP contribution in [0.3, 0.4) is 0 Å². The van der Waals surface area contributed by atoms with Crippen molar-refractivity contribution in [3.63, 3.8) is 0 Å². The van der Waals surface area contributed by atoms with E-state index in [1.807, 2.05) is 0 Å². The molecule has 0 N–H and O–H groups in total. The number of nitrogens with zero attached hydrogens (tertiary/aromatic N) is 4. The number of hydrogen-bond acceptors (Lipinski definition) is 4. The van der Waals surface area contributed by atoms with Crippen LogP contribution in [0.5, 0.6) is 5.88 Å². The number of aromatic nitrogens is 4. The van der Waals surface area contributed by atoms with E-state index in [2.05, 4.69) is 15.1 Å². The summed E-state index contributed by atoms with van der Waals surface area (Å²) in [5.41, 5.74) is 0. The fraction of sp³-hybridized carbons (Fsp3) is 0. The average molecular weight is 366 g/mol. The maximum atomic E-state index is 10.6. The first-order chi connectivity index (χ1) is 4.86. The third kappa shape index (κ3) is 1.93. The minimum atomic E-state index is -0.291. The van der Waals surface area contributed by atoms with Crippen LogP contribution in [0, 0.1) is 0 Å². The summed E-state index contributed by atoms with van der Waals surface area (Å²) in [6, 6.07) is 1.34. The van der Waals surface area contributed by atoms with Crippen LogP contribution in [-0.4, -0.2) is 19.6 Å². The molecule has 0 saturated heterocycles. The van der Waals surface area contributed by atoms with E-state index in [4.69, 9.17) is 0 Å². The Balaban J connectivity index is 0.000000605. The van der Waals surface area contributed by atoms with Crippen LogP contribution >= 0.6 is 0 Å². The van der Waals surface area contributed by atoms with Gasteiger partial charge in [0.1, 0.15) is 6.33 Å². The van der Waals surface area contributed by atoms with E-state index in [-0.39, 0.29) is 39.4 Å². The minimum Gasteiger partial charge on any atom is -1.00 e. The largest absolute Gasteiger partial charge is 2.00 e. The first-order valence-corrected chi connectivity index (χ1v) is 2.70. The zero-order valence-electron chi connectivity index (χ0n) is 5.62. The summed E-state index contributed by atoms with van der Waals surface area (Å²) < 4.78 is 1.43. The van der Waals surface area contributed by atoms with E-state index < -0.39 is 0 Å². The summed E-state index contributed by atoms with van der Waals surface area (Å²) in [6.45, 7) is 0. The van der Waals surface area contributed by atoms with Gasteiger partial charge in [-0.15, -0.1) is 0 Å². The van der Waals surface area contributed by atoms with E-state index in [0.29, 0.717) is 5.78 Å². The molecule has 0 spiro atoms. The molecule has 2 aromatic heterocycles. The third-order valence-corrected chi connectivity index (χ3v) is 1.12. The molecule has 12 heavy (non-hydrogen) atoms. The smallest absolute Gasteiger partial charge is 1.00 e. The summed E-state index contributed by atoms with van der Waals surface area (Å²) in [5, 5.41) is 14.4. The average Bonchev–Trinajstić information content (AvgIpc) is 2.33. The van der Waals surface area contributed by atoms with Crippen LogP contribution in [0.4, 0.5) is 0 Å². The van der Waals surface area contributed by atoms with E-state index in [0.717, 1.165) is 0 Å². The molecule has 0 radical (unpaired) electrons. The Morgan fingerprint density at radius 3 is 2.92 bits per heavy atom. The van der Waals surface area contributed by atoms with Crippen molar-refractivity contribution in [2.75, 3.05) is 0 Å². The number of halogens is 1. The summed E-state index contributed by atoms with van der Waals surface area (Å²) in [4.78, 5) is 7.29. The van der Waals surface area contributed by atoms with Crippen LogP contribution < -0.4 is 17.5 Å². The fourth-order valence-electron chi connectivity index (χ4n) is 0.699. The second-order valence-corrected chi connectivity index (χ2v) is 1.77. The summed E-state index contributed by atoms with van der Waals surface area (Å²) >= 11 is 0. The maximum Gasteiger partial charge on any atom is 2.00 e. The van der Waals surface area contributed by atoms with Gasteiger partial charge in [0.25, 0.3) is 5.78 Å². The summed E-state index contributed by atoms with van der Waals surface area (Å²) in [7, 11) is 0. The van der Waals surface area contributed by atoms with E-state index in [9.17, 15) is 5.11 Å². The van der Waals surface area contributed by atoms with Crippen molar-refractivity contribution < 1.29 is 38.6 Å². The monoisotopic (exact) mass is 365 g/mol. The van der Waals surface area contributed by atoms with Crippen molar-refractivity contribution >= 4 is 5.78 Å². The topological polar surface area (TPSA) is 66.1 Å². The molecule has 2 heterocycles. The Bertz CT molecular complexity index is 365. The van der Waals surface area contributed by atoms with Crippen molar-refractivity contribution in [3.8, 4) is 5.88 Å². The molecule has 5 nitrogen and oxygen atoms in total. The minimum absolute atomic E-state index is 0. The quantitative estimate of drug-likeness (QED) is 0.480. The Kier molecular flexibility index (Phi) is 4.13. The van der Waals surface area contributed by atoms with E-state index in [1.54, 1.807) is 0 Å². The van der Waals surface area contributed by atoms with Gasteiger partial charge >= 0.3 is 21.1 Å². The molecule has 0 aliphatic rings. The molecular formula is C5H3ClN4OPt. The Hall–Kier alpha value is -0.672. The molecule has 0 saturated carbocycles. The van der Waals surface area contributed by atoms with Crippen LogP contribution in [0.15, 0.2) is 18.6 Å². The number of hydrogen-bond donors (Lipinski definition) is 0. The van der Waals surface area contributed by atoms with Gasteiger partial charge in [0.15, 0.2) is 0 Å². The Morgan fingerprint density at radius 2 is 2.17 bits per heavy atom. The first kappa shape index (κ1) is 11.3. The summed E-state index contributed by atoms with van der Waals surface area (Å²) in [5.74, 6) is 0.0491. The second-order valence-electron chi connectivity index (χ2n) is 1.77. The normalized spacial score (nSPS) is 8.67. The van der Waals surface area contributed by atoms with Gasteiger partial charge in [-0.05, 0) is 11.9 Å². The molecular weight excluding hydrogens is 363 g/mol. The molecule has 0 fully saturated rings. The molecule has 0 aromatic carbocycles. The van der Waals surface area contributed by atoms with Gasteiger partial charge in [-0.25, -0.2) is 9.50 Å². The SMILES string of the molecule is [Cl-].[O-]c1ccn2ncnc2n1.[Pt+2]. The first-order valence-electron chi connectivity index (χ1n) is 2.70. The van der Waals surface area contributed by atoms with E-state index >= 15 is 0 Å². The van der Waals surface area contributed by atoms with Gasteiger partial charge in [0, 0.05) is 6.20 Å². The van der Waals surface area contributed by atoms with Crippen LogP contribution in [-0.2, 0) is 21.1 Å². The van der Waals surface area contributed by atoms with Gasteiger partial charge in [-0.3, -0.25) is 0 Å². The van der Waals surface area contributed by atoms with Gasteiger partial charge in [-0.2, -0.15) is 10.1 Å². The number of rotatable bonds is 0. The van der Waals surface area contributed by atoms with Crippen molar-refractivity contribution in [2.24, 2.45) is 0 Å². The maximum absolute atomic E-state index is 10.6. The van der Waals surface area contributed by atoms with Gasteiger partial charge in [-0.1, -0.05) is 0 Å². The predicted molar refractivity (Wildman–Crippen MR) is 30.2 cm³/mol. The number of fused-ring (bicyclic) bond motifs is 1. The molecule has 0 bridgehead atoms. The molecule has 0 atom stereocenters. The summed E-state index contributed by atoms with van der Waals surface area (Å²) in [6.07, 6.45) is 2.87. The molecule has 66 valence electrons. The van der Waals surface area contributed by atoms with Crippen molar-refractivity contribution in [1.82, 2.24) is 19.6 Å². The van der Waals surface area contributed by atoms with Crippen LogP contribution in [0.1, 0.15) is 0 Å².